The minimum absolute atomic E-state index is 0.225. The minimum Gasteiger partial charge on any atom is -0.478 e. The Morgan fingerprint density at radius 2 is 2.21 bits per heavy atom. The topological polar surface area (TPSA) is 89.3 Å². The lowest BCUT2D eigenvalue weighted by Gasteiger charge is -2.10. The van der Waals surface area contributed by atoms with Gasteiger partial charge in [-0.05, 0) is 24.1 Å². The Hall–Kier alpha value is -1.39. The van der Waals surface area contributed by atoms with Gasteiger partial charge in [-0.15, -0.1) is 0 Å². The maximum atomic E-state index is 10.7. The van der Waals surface area contributed by atoms with Crippen LogP contribution in [0.25, 0.3) is 0 Å². The van der Waals surface area contributed by atoms with Crippen molar-refractivity contribution < 1.29 is 9.90 Å². The van der Waals surface area contributed by atoms with Crippen LogP contribution in [-0.4, -0.2) is 17.6 Å². The molecule has 0 aliphatic heterocycles. The van der Waals surface area contributed by atoms with Gasteiger partial charge in [-0.1, -0.05) is 12.1 Å². The molecule has 0 heterocycles. The van der Waals surface area contributed by atoms with Crippen LogP contribution in [0.1, 0.15) is 27.5 Å². The van der Waals surface area contributed by atoms with Crippen molar-refractivity contribution in [2.45, 2.75) is 13.0 Å². The number of carboxylic acid groups (broad SMARTS) is 1. The van der Waals surface area contributed by atoms with Gasteiger partial charge in [-0.25, -0.2) is 4.79 Å². The number of benzene rings is 1. The van der Waals surface area contributed by atoms with E-state index in [0.717, 1.165) is 5.56 Å². The fraction of sp³-hybridized carbons (Fsp3) is 0.300. The predicted octanol–water partition coefficient (Wildman–Crippen LogP) is 0.652. The molecule has 0 fully saturated rings. The van der Waals surface area contributed by atoms with E-state index in [0.29, 0.717) is 17.7 Å². The molecule has 0 aromatic heterocycles. The minimum atomic E-state index is -0.921. The number of hydrogen-bond donors (Lipinski definition) is 3. The molecular formula is C10H14N2O2. The maximum Gasteiger partial charge on any atom is 0.335 e. The van der Waals surface area contributed by atoms with Gasteiger partial charge in [0.1, 0.15) is 0 Å². The molecule has 76 valence electrons. The van der Waals surface area contributed by atoms with Crippen LogP contribution in [0.5, 0.6) is 0 Å². The van der Waals surface area contributed by atoms with Gasteiger partial charge < -0.3 is 16.6 Å². The molecule has 4 nitrogen and oxygen atoms in total. The Labute approximate surface area is 82.5 Å². The summed E-state index contributed by atoms with van der Waals surface area (Å²) in [6, 6.07) is 4.80. The Kier molecular flexibility index (Phi) is 3.22. The third kappa shape index (κ3) is 2.10. The molecule has 1 atom stereocenters. The second kappa shape index (κ2) is 4.21. The first kappa shape index (κ1) is 10.7. The fourth-order valence-corrected chi connectivity index (χ4v) is 1.29. The lowest BCUT2D eigenvalue weighted by molar-refractivity contribution is 0.0696. The number of nitrogens with two attached hydrogens (primary N) is 2. The summed E-state index contributed by atoms with van der Waals surface area (Å²) >= 11 is 0. The molecule has 0 aliphatic carbocycles. The number of aromatic carboxylic acids is 1. The quantitative estimate of drug-likeness (QED) is 0.659. The summed E-state index contributed by atoms with van der Waals surface area (Å²) in [4.78, 5) is 10.7. The molecule has 0 radical (unpaired) electrons. The molecule has 1 aromatic rings. The zero-order valence-electron chi connectivity index (χ0n) is 8.03. The maximum absolute atomic E-state index is 10.7. The number of aryl methyl sites for hydroxylation is 1. The van der Waals surface area contributed by atoms with Gasteiger partial charge in [0, 0.05) is 12.6 Å². The lowest BCUT2D eigenvalue weighted by Crippen LogP contribution is -2.21. The van der Waals surface area contributed by atoms with Gasteiger partial charge in [-0.3, -0.25) is 0 Å². The highest BCUT2D eigenvalue weighted by molar-refractivity contribution is 5.89. The van der Waals surface area contributed by atoms with E-state index < -0.39 is 5.97 Å². The van der Waals surface area contributed by atoms with E-state index in [9.17, 15) is 4.79 Å². The standard InChI is InChI=1S/C10H14N2O2/c1-6-4-7(9(12)5-11)2-3-8(6)10(13)14/h2-4,9H,5,11-12H2,1H3,(H,13,14). The molecule has 1 rings (SSSR count). The third-order valence-electron chi connectivity index (χ3n) is 2.16. The summed E-state index contributed by atoms with van der Waals surface area (Å²) in [5, 5.41) is 8.80. The van der Waals surface area contributed by atoms with Crippen LogP contribution in [0.2, 0.25) is 0 Å². The van der Waals surface area contributed by atoms with Crippen molar-refractivity contribution >= 4 is 5.97 Å². The van der Waals surface area contributed by atoms with Crippen LogP contribution < -0.4 is 11.5 Å². The van der Waals surface area contributed by atoms with Gasteiger partial charge in [0.15, 0.2) is 0 Å². The molecule has 0 saturated heterocycles. The molecule has 0 saturated carbocycles. The first-order chi connectivity index (χ1) is 6.56. The zero-order chi connectivity index (χ0) is 10.7. The van der Waals surface area contributed by atoms with E-state index in [1.165, 1.54) is 0 Å². The Bertz CT molecular complexity index is 350. The number of carboxylic acids is 1. The fourth-order valence-electron chi connectivity index (χ4n) is 1.29. The highest BCUT2D eigenvalue weighted by Gasteiger charge is 2.09. The average Bonchev–Trinajstić information content (AvgIpc) is 2.15. The first-order valence-corrected chi connectivity index (χ1v) is 4.35. The van der Waals surface area contributed by atoms with Gasteiger partial charge in [0.2, 0.25) is 0 Å². The number of carbonyl (C=O) groups is 1. The molecule has 4 heteroatoms. The predicted molar refractivity (Wildman–Crippen MR) is 54.1 cm³/mol. The van der Waals surface area contributed by atoms with Crippen LogP contribution in [-0.2, 0) is 0 Å². The van der Waals surface area contributed by atoms with Crippen molar-refractivity contribution in [1.29, 1.82) is 0 Å². The number of hydrogen-bond acceptors (Lipinski definition) is 3. The second-order valence-electron chi connectivity index (χ2n) is 3.22. The lowest BCUT2D eigenvalue weighted by atomic mass is 10.0. The van der Waals surface area contributed by atoms with E-state index >= 15 is 0 Å². The molecule has 0 amide bonds. The summed E-state index contributed by atoms with van der Waals surface area (Å²) in [7, 11) is 0. The molecular weight excluding hydrogens is 180 g/mol. The summed E-state index contributed by atoms with van der Waals surface area (Å²) in [6.45, 7) is 2.10. The van der Waals surface area contributed by atoms with Crippen molar-refractivity contribution in [2.24, 2.45) is 11.5 Å². The molecule has 1 aromatic carbocycles. The molecule has 0 bridgehead atoms. The Morgan fingerprint density at radius 3 is 2.64 bits per heavy atom. The number of rotatable bonds is 3. The SMILES string of the molecule is Cc1cc(C(N)CN)ccc1C(=O)O. The van der Waals surface area contributed by atoms with Gasteiger partial charge in [-0.2, -0.15) is 0 Å². The second-order valence-corrected chi connectivity index (χ2v) is 3.22. The van der Waals surface area contributed by atoms with E-state index in [1.807, 2.05) is 0 Å². The molecule has 14 heavy (non-hydrogen) atoms. The first-order valence-electron chi connectivity index (χ1n) is 4.35. The van der Waals surface area contributed by atoms with Crippen molar-refractivity contribution in [2.75, 3.05) is 6.54 Å². The van der Waals surface area contributed by atoms with Crippen LogP contribution in [0.15, 0.2) is 18.2 Å². The van der Waals surface area contributed by atoms with Crippen LogP contribution in [0.4, 0.5) is 0 Å². The van der Waals surface area contributed by atoms with Crippen LogP contribution >= 0.6 is 0 Å². The highest BCUT2D eigenvalue weighted by Crippen LogP contribution is 2.15. The van der Waals surface area contributed by atoms with Crippen LogP contribution in [0, 0.1) is 6.92 Å². The van der Waals surface area contributed by atoms with Crippen molar-refractivity contribution in [3.63, 3.8) is 0 Å². The van der Waals surface area contributed by atoms with Crippen LogP contribution in [0.3, 0.4) is 0 Å². The Morgan fingerprint density at radius 1 is 1.57 bits per heavy atom. The largest absolute Gasteiger partial charge is 0.478 e. The van der Waals surface area contributed by atoms with Gasteiger partial charge in [0.05, 0.1) is 5.56 Å². The summed E-state index contributed by atoms with van der Waals surface area (Å²) in [5.41, 5.74) is 13.0. The molecule has 5 N–H and O–H groups in total. The normalized spacial score (nSPS) is 12.5. The highest BCUT2D eigenvalue weighted by atomic mass is 16.4. The van der Waals surface area contributed by atoms with Gasteiger partial charge >= 0.3 is 5.97 Å². The van der Waals surface area contributed by atoms with E-state index in [4.69, 9.17) is 16.6 Å². The molecule has 1 unspecified atom stereocenters. The summed E-state index contributed by atoms with van der Waals surface area (Å²) in [6.07, 6.45) is 0. The third-order valence-corrected chi connectivity index (χ3v) is 2.16. The summed E-state index contributed by atoms with van der Waals surface area (Å²) < 4.78 is 0. The molecule has 0 spiro atoms. The monoisotopic (exact) mass is 194 g/mol. The average molecular weight is 194 g/mol. The molecule has 0 aliphatic rings. The van der Waals surface area contributed by atoms with Crippen molar-refractivity contribution in [1.82, 2.24) is 0 Å². The van der Waals surface area contributed by atoms with E-state index in [2.05, 4.69) is 0 Å². The Balaban J connectivity index is 3.06. The summed E-state index contributed by atoms with van der Waals surface area (Å²) in [5.74, 6) is -0.921. The van der Waals surface area contributed by atoms with E-state index in [1.54, 1.807) is 25.1 Å². The zero-order valence-corrected chi connectivity index (χ0v) is 8.03. The van der Waals surface area contributed by atoms with Crippen molar-refractivity contribution in [3.8, 4) is 0 Å². The smallest absolute Gasteiger partial charge is 0.335 e. The van der Waals surface area contributed by atoms with Crippen molar-refractivity contribution in [3.05, 3.63) is 34.9 Å². The van der Waals surface area contributed by atoms with Gasteiger partial charge in [0.25, 0.3) is 0 Å². The van der Waals surface area contributed by atoms with E-state index in [-0.39, 0.29) is 6.04 Å².